The maximum atomic E-state index is 13.3. The van der Waals surface area contributed by atoms with E-state index in [0.717, 1.165) is 18.0 Å². The lowest BCUT2D eigenvalue weighted by molar-refractivity contribution is 0.485. The molecule has 0 bridgehead atoms. The summed E-state index contributed by atoms with van der Waals surface area (Å²) in [7, 11) is 0. The van der Waals surface area contributed by atoms with E-state index < -0.39 is 18.3 Å². The number of hydrogen-bond acceptors (Lipinski definition) is 3. The molecule has 15 heavy (non-hydrogen) atoms. The third kappa shape index (κ3) is 2.05. The van der Waals surface area contributed by atoms with Gasteiger partial charge in [-0.2, -0.15) is 0 Å². The first-order chi connectivity index (χ1) is 7.22. The third-order valence-electron chi connectivity index (χ3n) is 2.11. The Morgan fingerprint density at radius 3 is 2.93 bits per heavy atom. The fourth-order valence-corrected chi connectivity index (χ4v) is 2.27. The number of fused-ring (bicyclic) bond motifs is 1. The van der Waals surface area contributed by atoms with Crippen LogP contribution < -0.4 is 9.62 Å². The first kappa shape index (κ1) is 10.6. The van der Waals surface area contributed by atoms with Crippen LogP contribution in [0.3, 0.4) is 0 Å². The van der Waals surface area contributed by atoms with E-state index in [1.807, 2.05) is 0 Å². The number of benzene rings is 1. The molecule has 0 unspecified atom stereocenters. The standard InChI is InChI=1S/C9H9F3N2S/c10-1-2-14-5-13-15-9-7(12)3-6(11)4-8(9)14/h3-4,13H,1-2,5H2. The molecule has 0 spiro atoms. The number of alkyl halides is 1. The van der Waals surface area contributed by atoms with Crippen molar-refractivity contribution >= 4 is 17.6 Å². The zero-order valence-corrected chi connectivity index (χ0v) is 8.58. The van der Waals surface area contributed by atoms with Gasteiger partial charge in [-0.25, -0.2) is 17.9 Å². The van der Waals surface area contributed by atoms with E-state index in [1.165, 1.54) is 6.07 Å². The van der Waals surface area contributed by atoms with Crippen molar-refractivity contribution in [1.82, 2.24) is 4.72 Å². The maximum Gasteiger partial charge on any atom is 0.143 e. The zero-order chi connectivity index (χ0) is 10.8. The summed E-state index contributed by atoms with van der Waals surface area (Å²) in [5.74, 6) is -1.26. The predicted molar refractivity (Wildman–Crippen MR) is 53.5 cm³/mol. The van der Waals surface area contributed by atoms with Crippen molar-refractivity contribution in [3.63, 3.8) is 0 Å². The SMILES string of the molecule is FCCN1CNSc2c(F)cc(F)cc21. The molecule has 1 aromatic rings. The van der Waals surface area contributed by atoms with E-state index in [9.17, 15) is 13.2 Å². The second kappa shape index (κ2) is 4.32. The first-order valence-electron chi connectivity index (χ1n) is 4.42. The molecule has 0 aliphatic carbocycles. The van der Waals surface area contributed by atoms with Crippen LogP contribution in [0, 0.1) is 11.6 Å². The average molecular weight is 234 g/mol. The van der Waals surface area contributed by atoms with Crippen molar-refractivity contribution in [2.45, 2.75) is 4.90 Å². The monoisotopic (exact) mass is 234 g/mol. The summed E-state index contributed by atoms with van der Waals surface area (Å²) in [5, 5.41) is 0. The predicted octanol–water partition coefficient (Wildman–Crippen LogP) is 2.31. The van der Waals surface area contributed by atoms with Crippen LogP contribution in [0.15, 0.2) is 17.0 Å². The molecule has 2 nitrogen and oxygen atoms in total. The number of hydrogen-bond donors (Lipinski definition) is 1. The van der Waals surface area contributed by atoms with Crippen LogP contribution in [0.25, 0.3) is 0 Å². The quantitative estimate of drug-likeness (QED) is 0.790. The molecule has 1 aliphatic heterocycles. The summed E-state index contributed by atoms with van der Waals surface area (Å²) in [4.78, 5) is 1.88. The number of nitrogens with zero attached hydrogens (tertiary/aromatic N) is 1. The molecule has 0 saturated heterocycles. The normalized spacial score (nSPS) is 15.3. The lowest BCUT2D eigenvalue weighted by Crippen LogP contribution is -2.36. The molecule has 2 rings (SSSR count). The maximum absolute atomic E-state index is 13.3. The van der Waals surface area contributed by atoms with Gasteiger partial charge in [-0.05, 0) is 18.0 Å². The molecule has 0 fully saturated rings. The Kier molecular flexibility index (Phi) is 3.06. The second-order valence-electron chi connectivity index (χ2n) is 3.09. The molecule has 82 valence electrons. The molecule has 0 atom stereocenters. The van der Waals surface area contributed by atoms with E-state index in [0.29, 0.717) is 17.3 Å². The van der Waals surface area contributed by atoms with E-state index in [1.54, 1.807) is 4.90 Å². The van der Waals surface area contributed by atoms with Crippen molar-refractivity contribution < 1.29 is 13.2 Å². The van der Waals surface area contributed by atoms with Crippen molar-refractivity contribution in [2.24, 2.45) is 0 Å². The van der Waals surface area contributed by atoms with Gasteiger partial charge in [0, 0.05) is 12.6 Å². The van der Waals surface area contributed by atoms with E-state index in [4.69, 9.17) is 0 Å². The van der Waals surface area contributed by atoms with Crippen LogP contribution in [0.1, 0.15) is 0 Å². The van der Waals surface area contributed by atoms with Gasteiger partial charge >= 0.3 is 0 Å². The van der Waals surface area contributed by atoms with Crippen LogP contribution >= 0.6 is 11.9 Å². The summed E-state index contributed by atoms with van der Waals surface area (Å²) in [6.45, 7) is -0.0438. The summed E-state index contributed by atoms with van der Waals surface area (Å²) >= 11 is 1.10. The molecule has 1 aromatic carbocycles. The fourth-order valence-electron chi connectivity index (χ4n) is 1.45. The van der Waals surface area contributed by atoms with Gasteiger partial charge in [0.05, 0.1) is 17.3 Å². The Morgan fingerprint density at radius 1 is 1.40 bits per heavy atom. The summed E-state index contributed by atoms with van der Waals surface area (Å²) in [6, 6.07) is 2.05. The summed E-state index contributed by atoms with van der Waals surface area (Å²) in [5.41, 5.74) is 0.411. The lowest BCUT2D eigenvalue weighted by Gasteiger charge is -2.30. The molecule has 6 heteroatoms. The Morgan fingerprint density at radius 2 is 2.20 bits per heavy atom. The zero-order valence-electron chi connectivity index (χ0n) is 7.77. The van der Waals surface area contributed by atoms with Gasteiger partial charge in [0.1, 0.15) is 18.3 Å². The van der Waals surface area contributed by atoms with Gasteiger partial charge in [0.2, 0.25) is 0 Å². The Hall–Kier alpha value is -0.880. The fraction of sp³-hybridized carbons (Fsp3) is 0.333. The molecule has 1 heterocycles. The minimum absolute atomic E-state index is 0.128. The van der Waals surface area contributed by atoms with Gasteiger partial charge < -0.3 is 4.90 Å². The van der Waals surface area contributed by atoms with Gasteiger partial charge in [-0.1, -0.05) is 0 Å². The van der Waals surface area contributed by atoms with Crippen LogP contribution in [0.4, 0.5) is 18.9 Å². The van der Waals surface area contributed by atoms with Crippen LogP contribution in [-0.2, 0) is 0 Å². The molecule has 0 saturated carbocycles. The van der Waals surface area contributed by atoms with Crippen molar-refractivity contribution in [3.05, 3.63) is 23.8 Å². The van der Waals surface area contributed by atoms with Crippen molar-refractivity contribution in [2.75, 3.05) is 24.8 Å². The minimum Gasteiger partial charge on any atom is -0.354 e. The Labute approximate surface area is 89.6 Å². The molecule has 1 N–H and O–H groups in total. The highest BCUT2D eigenvalue weighted by Crippen LogP contribution is 2.34. The topological polar surface area (TPSA) is 15.3 Å². The summed E-state index contributed by atoms with van der Waals surface area (Å²) < 4.78 is 41.4. The van der Waals surface area contributed by atoms with Gasteiger partial charge in [-0.3, -0.25) is 0 Å². The van der Waals surface area contributed by atoms with Gasteiger partial charge in [0.15, 0.2) is 0 Å². The highest BCUT2D eigenvalue weighted by atomic mass is 32.2. The molecular weight excluding hydrogens is 225 g/mol. The largest absolute Gasteiger partial charge is 0.354 e. The molecule has 1 aliphatic rings. The van der Waals surface area contributed by atoms with Crippen molar-refractivity contribution in [1.29, 1.82) is 0 Å². The number of rotatable bonds is 2. The summed E-state index contributed by atoms with van der Waals surface area (Å²) in [6.07, 6.45) is 0. The van der Waals surface area contributed by atoms with Gasteiger partial charge in [0.25, 0.3) is 0 Å². The number of nitrogens with one attached hydrogen (secondary N) is 1. The van der Waals surface area contributed by atoms with Crippen molar-refractivity contribution in [3.8, 4) is 0 Å². The number of halogens is 3. The molecular formula is C9H9F3N2S. The smallest absolute Gasteiger partial charge is 0.143 e. The van der Waals surface area contributed by atoms with Crippen LogP contribution in [0.2, 0.25) is 0 Å². The first-order valence-corrected chi connectivity index (χ1v) is 5.23. The highest BCUT2D eigenvalue weighted by Gasteiger charge is 2.21. The Bertz CT molecular complexity index is 373. The molecule has 0 amide bonds. The third-order valence-corrected chi connectivity index (χ3v) is 3.00. The minimum atomic E-state index is -0.641. The molecule has 0 radical (unpaired) electrons. The Balaban J connectivity index is 2.41. The lowest BCUT2D eigenvalue weighted by atomic mass is 10.2. The molecule has 0 aromatic heterocycles. The van der Waals surface area contributed by atoms with E-state index >= 15 is 0 Å². The van der Waals surface area contributed by atoms with Gasteiger partial charge in [-0.15, -0.1) is 0 Å². The van der Waals surface area contributed by atoms with Crippen LogP contribution in [0.5, 0.6) is 0 Å². The average Bonchev–Trinajstić information content (AvgIpc) is 2.19. The van der Waals surface area contributed by atoms with Crippen LogP contribution in [-0.4, -0.2) is 19.9 Å². The second-order valence-corrected chi connectivity index (χ2v) is 3.99. The highest BCUT2D eigenvalue weighted by molar-refractivity contribution is 7.97. The number of anilines is 1. The van der Waals surface area contributed by atoms with E-state index in [2.05, 4.69) is 4.72 Å². The van der Waals surface area contributed by atoms with E-state index in [-0.39, 0.29) is 6.54 Å².